The maximum absolute atomic E-state index is 14.1. The third kappa shape index (κ3) is 8.95. The third-order valence-electron chi connectivity index (χ3n) is 7.87. The van der Waals surface area contributed by atoms with E-state index in [9.17, 15) is 29.4 Å². The summed E-state index contributed by atoms with van der Waals surface area (Å²) in [6.07, 6.45) is 6.05. The summed E-state index contributed by atoms with van der Waals surface area (Å²) in [5.41, 5.74) is 1.03. The van der Waals surface area contributed by atoms with E-state index in [0.29, 0.717) is 18.6 Å². The molecule has 0 aromatic heterocycles. The predicted octanol–water partition coefficient (Wildman–Crippen LogP) is 5.91. The van der Waals surface area contributed by atoms with Gasteiger partial charge in [0, 0.05) is 0 Å². The molecule has 3 atom stereocenters. The first-order valence-electron chi connectivity index (χ1n) is 14.2. The number of nitrogens with two attached hydrogens (primary N) is 1. The van der Waals surface area contributed by atoms with Gasteiger partial charge in [-0.15, -0.1) is 0 Å². The van der Waals surface area contributed by atoms with Gasteiger partial charge in [0.25, 0.3) is 0 Å². The summed E-state index contributed by atoms with van der Waals surface area (Å²) < 4.78 is 5.70. The second kappa shape index (κ2) is 14.6. The Morgan fingerprint density at radius 1 is 0.951 bits per heavy atom. The van der Waals surface area contributed by atoms with E-state index >= 15 is 0 Å². The monoisotopic (exact) mass is 637 g/mol. The Kier molecular flexibility index (Phi) is 13.5. The van der Waals surface area contributed by atoms with Gasteiger partial charge in [0.2, 0.25) is 5.91 Å². The molecule has 0 spiro atoms. The van der Waals surface area contributed by atoms with Gasteiger partial charge in [-0.3, -0.25) is 9.59 Å². The minimum Gasteiger partial charge on any atom is -0.481 e. The highest BCUT2D eigenvalue weighted by atomic mass is 33.1. The van der Waals surface area contributed by atoms with Gasteiger partial charge in [-0.2, -0.15) is 16.6 Å². The summed E-state index contributed by atoms with van der Waals surface area (Å²) in [5, 5.41) is 22.5. The second-order valence-electron chi connectivity index (χ2n) is 14.0. The van der Waals surface area contributed by atoms with Crippen molar-refractivity contribution >= 4 is 55.6 Å². The van der Waals surface area contributed by atoms with Gasteiger partial charge in [0.05, 0.1) is 5.41 Å². The molecule has 0 heterocycles. The zero-order chi connectivity index (χ0) is 32.0. The van der Waals surface area contributed by atoms with Crippen molar-refractivity contribution in [2.45, 2.75) is 118 Å². The van der Waals surface area contributed by atoms with Crippen LogP contribution in [0.15, 0.2) is 0 Å². The highest BCUT2D eigenvalue weighted by Gasteiger charge is 2.65. The van der Waals surface area contributed by atoms with E-state index < -0.39 is 66.4 Å². The molecule has 0 aliphatic heterocycles. The largest absolute Gasteiger partial charge is 0.539 e. The van der Waals surface area contributed by atoms with Gasteiger partial charge in [0.15, 0.2) is 9.93 Å². The Bertz CT molecular complexity index is 918. The molecule has 0 aromatic carbocycles. The minimum atomic E-state index is -1.85. The van der Waals surface area contributed by atoms with Crippen LogP contribution in [0.4, 0.5) is 4.79 Å². The van der Waals surface area contributed by atoms with Gasteiger partial charge < -0.3 is 26.0 Å². The maximum Gasteiger partial charge on any atom is 0.539 e. The molecule has 5 N–H and O–H groups in total. The number of aliphatic carboxylic acids is 2. The molecular formula is C29H53N2O7S3+. The molecule has 9 nitrogen and oxygen atoms in total. The van der Waals surface area contributed by atoms with Gasteiger partial charge >= 0.3 is 17.2 Å². The normalized spacial score (nSPS) is 18.3. The highest BCUT2D eigenvalue weighted by molar-refractivity contribution is 8.79. The molecule has 1 aliphatic rings. The van der Waals surface area contributed by atoms with E-state index in [2.05, 4.69) is 5.32 Å². The lowest BCUT2D eigenvalue weighted by Gasteiger charge is -2.53. The van der Waals surface area contributed by atoms with E-state index in [1.165, 1.54) is 10.8 Å². The summed E-state index contributed by atoms with van der Waals surface area (Å²) in [6.45, 7) is 15.5. The lowest BCUT2D eigenvalue weighted by atomic mass is 9.50. The molecule has 1 fully saturated rings. The van der Waals surface area contributed by atoms with Crippen molar-refractivity contribution in [2.24, 2.45) is 27.4 Å². The second-order valence-corrected chi connectivity index (χ2v) is 18.9. The molecule has 1 saturated carbocycles. The fourth-order valence-corrected chi connectivity index (χ4v) is 10.9. The molecule has 238 valence electrons. The van der Waals surface area contributed by atoms with Crippen LogP contribution in [-0.4, -0.2) is 68.1 Å². The molecule has 41 heavy (non-hydrogen) atoms. The Labute approximate surface area is 257 Å². The molecule has 0 radical (unpaired) electrons. The lowest BCUT2D eigenvalue weighted by Crippen LogP contribution is -2.68. The van der Waals surface area contributed by atoms with Gasteiger partial charge in [-0.1, -0.05) is 54.4 Å². The fraction of sp³-hybridized carbons (Fsp3) is 0.862. The van der Waals surface area contributed by atoms with Crippen molar-refractivity contribution in [3.8, 4) is 0 Å². The zero-order valence-corrected chi connectivity index (χ0v) is 29.0. The van der Waals surface area contributed by atoms with Gasteiger partial charge in [0.1, 0.15) is 39.0 Å². The van der Waals surface area contributed by atoms with E-state index in [1.807, 2.05) is 27.0 Å². The number of hydrogen-bond acceptors (Lipinski definition) is 8. The summed E-state index contributed by atoms with van der Waals surface area (Å²) in [4.78, 5) is 53.1. The molecule has 1 aliphatic carbocycles. The van der Waals surface area contributed by atoms with Crippen molar-refractivity contribution in [1.82, 2.24) is 5.32 Å². The Morgan fingerprint density at radius 3 is 1.85 bits per heavy atom. The summed E-state index contributed by atoms with van der Waals surface area (Å²) in [5.74, 6) is -1.74. The highest BCUT2D eigenvalue weighted by Crippen LogP contribution is 2.55. The van der Waals surface area contributed by atoms with E-state index in [-0.39, 0.29) is 5.30 Å². The quantitative estimate of drug-likeness (QED) is 0.0629. The van der Waals surface area contributed by atoms with E-state index in [4.69, 9.17) is 10.5 Å². The van der Waals surface area contributed by atoms with Crippen LogP contribution >= 0.6 is 22.6 Å². The van der Waals surface area contributed by atoms with Crippen molar-refractivity contribution in [3.63, 3.8) is 0 Å². The van der Waals surface area contributed by atoms with Crippen molar-refractivity contribution in [3.05, 3.63) is 0 Å². The number of carbonyl (C=O) groups is 4. The molecule has 12 heteroatoms. The number of nitrogens with one attached hydrogen (secondary N) is 1. The number of amides is 1. The number of carboxylic acid groups (broad SMARTS) is 2. The van der Waals surface area contributed by atoms with Crippen LogP contribution in [-0.2, 0) is 29.0 Å². The van der Waals surface area contributed by atoms with Crippen LogP contribution in [0.1, 0.15) is 101 Å². The molecular weight excluding hydrogens is 585 g/mol. The van der Waals surface area contributed by atoms with Crippen molar-refractivity contribution < 1.29 is 34.1 Å². The Hall–Kier alpha value is -1.11. The number of ether oxygens (including phenoxy) is 1. The number of carboxylic acids is 2. The molecule has 3 unspecified atom stereocenters. The average molecular weight is 638 g/mol. The summed E-state index contributed by atoms with van der Waals surface area (Å²) in [6, 6.07) is -1.71. The Morgan fingerprint density at radius 2 is 1.46 bits per heavy atom. The minimum absolute atomic E-state index is 0.357. The van der Waals surface area contributed by atoms with E-state index in [1.54, 1.807) is 53.3 Å². The maximum atomic E-state index is 14.1. The third-order valence-corrected chi connectivity index (χ3v) is 12.8. The van der Waals surface area contributed by atoms with Crippen LogP contribution in [0, 0.1) is 21.7 Å². The number of unbranched alkanes of at least 4 members (excludes halogenated alkanes) is 1. The first-order chi connectivity index (χ1) is 18.6. The van der Waals surface area contributed by atoms with Gasteiger partial charge in [-0.25, -0.2) is 4.79 Å². The average Bonchev–Trinajstić information content (AvgIpc) is 3.28. The summed E-state index contributed by atoms with van der Waals surface area (Å²) >= 11 is 1.74. The number of rotatable bonds is 13. The molecule has 0 bridgehead atoms. The smallest absolute Gasteiger partial charge is 0.481 e. The fourth-order valence-electron chi connectivity index (χ4n) is 6.20. The molecule has 1 amide bonds. The topological polar surface area (TPSA) is 156 Å². The van der Waals surface area contributed by atoms with Gasteiger partial charge in [-0.05, 0) is 69.3 Å². The lowest BCUT2D eigenvalue weighted by molar-refractivity contribution is -0.183. The van der Waals surface area contributed by atoms with E-state index in [0.717, 1.165) is 31.4 Å². The number of hydrogen-bond donors (Lipinski definition) is 4. The van der Waals surface area contributed by atoms with Crippen LogP contribution in [0.3, 0.4) is 0 Å². The molecule has 0 aromatic rings. The first-order valence-corrected chi connectivity index (χ1v) is 18.4. The zero-order valence-electron chi connectivity index (χ0n) is 26.5. The summed E-state index contributed by atoms with van der Waals surface area (Å²) in [7, 11) is 0.305. The van der Waals surface area contributed by atoms with Crippen LogP contribution in [0.2, 0.25) is 0 Å². The standard InChI is InChI=1S/C29H52N2O7S3/c1-25(2,3)29(23(35)36,26(4,5)6)19(20(32)33)31-22(34)28(15-11-12-16-28)21(30)40-41(18-14-13-17-39-10)24(37)38-27(7,8)9/h19,21H,11-18,30H2,1-10H3,(H2-,31,32,33,34,35,36)/p+1. The van der Waals surface area contributed by atoms with Crippen LogP contribution in [0.25, 0.3) is 0 Å². The van der Waals surface area contributed by atoms with Crippen LogP contribution in [0.5, 0.6) is 0 Å². The van der Waals surface area contributed by atoms with Crippen molar-refractivity contribution in [2.75, 3.05) is 17.8 Å². The molecule has 0 saturated heterocycles. The predicted molar refractivity (Wildman–Crippen MR) is 171 cm³/mol. The van der Waals surface area contributed by atoms with Crippen LogP contribution < -0.4 is 11.1 Å². The SMILES string of the molecule is CSCCCC[S+](SC(N)C1(C(=O)NC(C(=O)O)C(C(=O)O)(C(C)(C)C)C(C)(C)C)CCCC1)C(=O)OC(C)(C)C. The molecule has 1 rings (SSSR count). The first kappa shape index (κ1) is 37.9. The Balaban J connectivity index is 3.48. The van der Waals surface area contributed by atoms with Crippen molar-refractivity contribution in [1.29, 1.82) is 0 Å². The number of carbonyl (C=O) groups excluding carboxylic acids is 2. The number of thioether (sulfide) groups is 1.